The van der Waals surface area contributed by atoms with Crippen LogP contribution in [0.5, 0.6) is 0 Å². The highest BCUT2D eigenvalue weighted by molar-refractivity contribution is 6.36. The first-order valence-electron chi connectivity index (χ1n) is 10.7. The number of benzene rings is 3. The molecule has 1 N–H and O–H groups in total. The molecule has 0 saturated heterocycles. The van der Waals surface area contributed by atoms with Crippen LogP contribution in [0.25, 0.3) is 5.57 Å². The average Bonchev–Trinajstić information content (AvgIpc) is 2.99. The van der Waals surface area contributed by atoms with Crippen molar-refractivity contribution in [3.63, 3.8) is 0 Å². The van der Waals surface area contributed by atoms with E-state index in [0.29, 0.717) is 22.7 Å². The van der Waals surface area contributed by atoms with Gasteiger partial charge in [-0.05, 0) is 79.8 Å². The first-order chi connectivity index (χ1) is 15.7. The summed E-state index contributed by atoms with van der Waals surface area (Å²) in [6.45, 7) is 6.00. The maximum atomic E-state index is 13.5. The molecule has 0 radical (unpaired) electrons. The highest BCUT2D eigenvalue weighted by Gasteiger charge is 2.39. The molecule has 0 bridgehead atoms. The molecule has 6 heteroatoms. The van der Waals surface area contributed by atoms with Gasteiger partial charge in [-0.25, -0.2) is 4.39 Å². The lowest BCUT2D eigenvalue weighted by atomic mass is 9.97. The second-order valence-electron chi connectivity index (χ2n) is 8.29. The number of nitrogens with zero attached hydrogens (tertiary/aromatic N) is 1. The Labute approximate surface area is 197 Å². The topological polar surface area (TPSA) is 49.4 Å². The number of imide groups is 1. The van der Waals surface area contributed by atoms with E-state index in [1.165, 1.54) is 17.0 Å². The van der Waals surface area contributed by atoms with E-state index in [2.05, 4.69) is 5.32 Å². The number of amides is 2. The molecule has 2 amide bonds. The summed E-state index contributed by atoms with van der Waals surface area (Å²) < 4.78 is 13.2. The lowest BCUT2D eigenvalue weighted by molar-refractivity contribution is -0.136. The second-order valence-corrected chi connectivity index (χ2v) is 8.73. The number of carbonyl (C=O) groups excluding carboxylic acids is 2. The first kappa shape index (κ1) is 22.7. The molecule has 0 saturated carbocycles. The van der Waals surface area contributed by atoms with Crippen molar-refractivity contribution in [1.82, 2.24) is 4.90 Å². The third kappa shape index (κ3) is 4.69. The Balaban J connectivity index is 1.71. The summed E-state index contributed by atoms with van der Waals surface area (Å²) in [6, 6.07) is 17.2. The van der Waals surface area contributed by atoms with E-state index in [4.69, 9.17) is 11.6 Å². The van der Waals surface area contributed by atoms with E-state index in [9.17, 15) is 14.0 Å². The van der Waals surface area contributed by atoms with Gasteiger partial charge in [0.1, 0.15) is 11.5 Å². The van der Waals surface area contributed by atoms with Crippen LogP contribution in [-0.2, 0) is 16.0 Å². The molecule has 1 aliphatic heterocycles. The van der Waals surface area contributed by atoms with Gasteiger partial charge in [0.25, 0.3) is 11.8 Å². The molecule has 3 aromatic carbocycles. The summed E-state index contributed by atoms with van der Waals surface area (Å²) in [6.07, 6.45) is 0.436. The maximum absolute atomic E-state index is 13.5. The molecule has 1 heterocycles. The van der Waals surface area contributed by atoms with Crippen molar-refractivity contribution in [2.24, 2.45) is 0 Å². The molecular formula is C27H24ClFN2O2. The lowest BCUT2D eigenvalue weighted by Gasteiger charge is -2.16. The summed E-state index contributed by atoms with van der Waals surface area (Å²) in [5.74, 6) is -1.05. The molecule has 0 fully saturated rings. The van der Waals surface area contributed by atoms with Crippen LogP contribution in [0.4, 0.5) is 10.1 Å². The molecule has 0 unspecified atom stereocenters. The van der Waals surface area contributed by atoms with Gasteiger partial charge in [-0.1, -0.05) is 47.5 Å². The number of hydrogen-bond acceptors (Lipinski definition) is 3. The number of nitrogens with one attached hydrogen (secondary N) is 1. The fourth-order valence-corrected chi connectivity index (χ4v) is 4.26. The smallest absolute Gasteiger partial charge is 0.278 e. The van der Waals surface area contributed by atoms with Crippen LogP contribution in [0, 0.1) is 26.6 Å². The fraction of sp³-hybridized carbons (Fsp3) is 0.185. The Morgan fingerprint density at radius 2 is 1.61 bits per heavy atom. The van der Waals surface area contributed by atoms with Crippen molar-refractivity contribution in [2.75, 3.05) is 11.9 Å². The van der Waals surface area contributed by atoms with Gasteiger partial charge in [-0.3, -0.25) is 14.5 Å². The van der Waals surface area contributed by atoms with Crippen LogP contribution in [-0.4, -0.2) is 23.3 Å². The van der Waals surface area contributed by atoms with E-state index >= 15 is 0 Å². The van der Waals surface area contributed by atoms with Crippen LogP contribution in [0.3, 0.4) is 0 Å². The van der Waals surface area contributed by atoms with Gasteiger partial charge in [0.15, 0.2) is 0 Å². The molecule has 4 rings (SSSR count). The van der Waals surface area contributed by atoms with E-state index < -0.39 is 0 Å². The SMILES string of the molecule is Cc1ccc(C2=C(Nc3ccc(Cl)cc3C)C(=O)N(CCc3ccc(F)cc3)C2=O)c(C)c1. The quantitative estimate of drug-likeness (QED) is 0.468. The number of aryl methyl sites for hydroxylation is 3. The van der Waals surface area contributed by atoms with Crippen molar-refractivity contribution in [1.29, 1.82) is 0 Å². The molecule has 0 atom stereocenters. The Morgan fingerprint density at radius 3 is 2.27 bits per heavy atom. The summed E-state index contributed by atoms with van der Waals surface area (Å²) in [5.41, 5.74) is 5.72. The minimum atomic E-state index is -0.383. The van der Waals surface area contributed by atoms with E-state index in [1.54, 1.807) is 30.3 Å². The van der Waals surface area contributed by atoms with E-state index in [0.717, 1.165) is 27.8 Å². The van der Waals surface area contributed by atoms with Crippen LogP contribution in [0.15, 0.2) is 66.4 Å². The zero-order chi connectivity index (χ0) is 23.7. The zero-order valence-electron chi connectivity index (χ0n) is 18.7. The van der Waals surface area contributed by atoms with Gasteiger partial charge in [0.05, 0.1) is 5.57 Å². The van der Waals surface area contributed by atoms with E-state index in [1.807, 2.05) is 39.0 Å². The van der Waals surface area contributed by atoms with Crippen molar-refractivity contribution in [3.05, 3.63) is 105 Å². The summed E-state index contributed by atoms with van der Waals surface area (Å²) >= 11 is 6.09. The maximum Gasteiger partial charge on any atom is 0.278 e. The summed E-state index contributed by atoms with van der Waals surface area (Å²) in [7, 11) is 0. The van der Waals surface area contributed by atoms with Crippen LogP contribution >= 0.6 is 11.6 Å². The van der Waals surface area contributed by atoms with Gasteiger partial charge < -0.3 is 5.32 Å². The second kappa shape index (κ2) is 9.20. The molecule has 168 valence electrons. The highest BCUT2D eigenvalue weighted by Crippen LogP contribution is 2.33. The standard InChI is InChI=1S/C27H24ClFN2O2/c1-16-4-10-22(17(2)14-16)24-25(30-23-11-7-20(28)15-18(23)3)27(33)31(26(24)32)13-12-19-5-8-21(29)9-6-19/h4-11,14-15,30H,12-13H2,1-3H3. The molecular weight excluding hydrogens is 439 g/mol. The first-order valence-corrected chi connectivity index (χ1v) is 11.1. The Kier molecular flexibility index (Phi) is 6.34. The van der Waals surface area contributed by atoms with Gasteiger partial charge in [0, 0.05) is 17.3 Å². The predicted molar refractivity (Wildman–Crippen MR) is 129 cm³/mol. The zero-order valence-corrected chi connectivity index (χ0v) is 19.5. The molecule has 0 aliphatic carbocycles. The predicted octanol–water partition coefficient (Wildman–Crippen LogP) is 5.84. The Bertz CT molecular complexity index is 1280. The molecule has 4 nitrogen and oxygen atoms in total. The normalized spacial score (nSPS) is 13.8. The van der Waals surface area contributed by atoms with Crippen LogP contribution in [0.2, 0.25) is 5.02 Å². The van der Waals surface area contributed by atoms with Gasteiger partial charge >= 0.3 is 0 Å². The lowest BCUT2D eigenvalue weighted by Crippen LogP contribution is -2.34. The highest BCUT2D eigenvalue weighted by atomic mass is 35.5. The third-order valence-corrected chi connectivity index (χ3v) is 6.04. The minimum Gasteiger partial charge on any atom is -0.350 e. The van der Waals surface area contributed by atoms with Crippen molar-refractivity contribution in [3.8, 4) is 0 Å². The van der Waals surface area contributed by atoms with Gasteiger partial charge in [0.2, 0.25) is 0 Å². The summed E-state index contributed by atoms with van der Waals surface area (Å²) in [5, 5.41) is 3.80. The number of rotatable bonds is 6. The molecule has 0 spiro atoms. The number of hydrogen-bond donors (Lipinski definition) is 1. The monoisotopic (exact) mass is 462 g/mol. The fourth-order valence-electron chi connectivity index (χ4n) is 4.03. The largest absolute Gasteiger partial charge is 0.350 e. The van der Waals surface area contributed by atoms with Crippen LogP contribution < -0.4 is 5.32 Å². The Hall–Kier alpha value is -3.44. The third-order valence-electron chi connectivity index (χ3n) is 5.80. The van der Waals surface area contributed by atoms with Gasteiger partial charge in [-0.2, -0.15) is 0 Å². The van der Waals surface area contributed by atoms with Crippen molar-refractivity contribution in [2.45, 2.75) is 27.2 Å². The van der Waals surface area contributed by atoms with Crippen molar-refractivity contribution < 1.29 is 14.0 Å². The van der Waals surface area contributed by atoms with Crippen molar-refractivity contribution >= 4 is 34.7 Å². The number of halogens is 2. The van der Waals surface area contributed by atoms with E-state index in [-0.39, 0.29) is 29.9 Å². The molecule has 33 heavy (non-hydrogen) atoms. The average molecular weight is 463 g/mol. The number of carbonyl (C=O) groups is 2. The Morgan fingerprint density at radius 1 is 0.879 bits per heavy atom. The minimum absolute atomic E-state index is 0.197. The summed E-state index contributed by atoms with van der Waals surface area (Å²) in [4.78, 5) is 28.2. The van der Waals surface area contributed by atoms with Gasteiger partial charge in [-0.15, -0.1) is 0 Å². The van der Waals surface area contributed by atoms with Crippen LogP contribution in [0.1, 0.15) is 27.8 Å². The molecule has 3 aromatic rings. The molecule has 0 aromatic heterocycles. The molecule has 1 aliphatic rings. The number of anilines is 1.